The maximum atomic E-state index is 12.6. The highest BCUT2D eigenvalue weighted by atomic mass is 32.1. The van der Waals surface area contributed by atoms with Gasteiger partial charge in [0.15, 0.2) is 0 Å². The van der Waals surface area contributed by atoms with Crippen LogP contribution in [-0.4, -0.2) is 40.6 Å². The number of aryl methyl sites for hydroxylation is 1. The van der Waals surface area contributed by atoms with E-state index in [1.54, 1.807) is 11.3 Å². The van der Waals surface area contributed by atoms with Gasteiger partial charge in [-0.05, 0) is 37.8 Å². The fourth-order valence-corrected chi connectivity index (χ4v) is 3.43. The number of aliphatic hydroxyl groups excluding tert-OH is 1. The molecule has 1 aromatic heterocycles. The third-order valence-electron chi connectivity index (χ3n) is 4.18. The molecule has 1 amide bonds. The molecule has 1 saturated heterocycles. The Morgan fingerprint density at radius 1 is 1.41 bits per heavy atom. The van der Waals surface area contributed by atoms with Crippen molar-refractivity contribution in [2.45, 2.75) is 19.8 Å². The molecule has 4 nitrogen and oxygen atoms in total. The summed E-state index contributed by atoms with van der Waals surface area (Å²) in [5.41, 5.74) is 2.63. The molecule has 3 rings (SSSR count). The molecule has 1 aromatic carbocycles. The lowest BCUT2D eigenvalue weighted by Gasteiger charge is -2.31. The number of amides is 1. The lowest BCUT2D eigenvalue weighted by molar-refractivity contribution is 0.0651. The second kappa shape index (κ2) is 6.58. The van der Waals surface area contributed by atoms with E-state index in [0.717, 1.165) is 42.2 Å². The van der Waals surface area contributed by atoms with Gasteiger partial charge in [-0.25, -0.2) is 4.98 Å². The third kappa shape index (κ3) is 3.20. The number of hydrogen-bond donors (Lipinski definition) is 1. The van der Waals surface area contributed by atoms with Crippen molar-refractivity contribution in [3.05, 3.63) is 40.2 Å². The normalized spacial score (nSPS) is 16.0. The van der Waals surface area contributed by atoms with Gasteiger partial charge in [-0.1, -0.05) is 12.1 Å². The van der Waals surface area contributed by atoms with Crippen LogP contribution in [-0.2, 0) is 0 Å². The van der Waals surface area contributed by atoms with Crippen LogP contribution in [0.3, 0.4) is 0 Å². The van der Waals surface area contributed by atoms with Gasteiger partial charge in [-0.2, -0.15) is 0 Å². The Bertz CT molecular complexity index is 660. The lowest BCUT2D eigenvalue weighted by atomic mass is 9.97. The summed E-state index contributed by atoms with van der Waals surface area (Å²) in [7, 11) is 0. The van der Waals surface area contributed by atoms with Gasteiger partial charge in [0.25, 0.3) is 5.91 Å². The van der Waals surface area contributed by atoms with Crippen LogP contribution in [0, 0.1) is 12.8 Å². The van der Waals surface area contributed by atoms with Gasteiger partial charge >= 0.3 is 0 Å². The summed E-state index contributed by atoms with van der Waals surface area (Å²) in [6.45, 7) is 3.66. The highest BCUT2D eigenvalue weighted by Crippen LogP contribution is 2.24. The Hall–Kier alpha value is -1.72. The summed E-state index contributed by atoms with van der Waals surface area (Å²) in [6, 6.07) is 7.69. The molecule has 116 valence electrons. The predicted molar refractivity (Wildman–Crippen MR) is 88.0 cm³/mol. The first-order chi connectivity index (χ1) is 10.7. The number of hydrogen-bond acceptors (Lipinski definition) is 4. The summed E-state index contributed by atoms with van der Waals surface area (Å²) in [5.74, 6) is 0.415. The predicted octanol–water partition coefficient (Wildman–Crippen LogP) is 2.96. The molecule has 0 bridgehead atoms. The number of aliphatic hydroxyl groups is 1. The first kappa shape index (κ1) is 15.2. The van der Waals surface area contributed by atoms with E-state index in [9.17, 15) is 9.90 Å². The van der Waals surface area contributed by atoms with Crippen LogP contribution in [0.5, 0.6) is 0 Å². The molecule has 1 aliphatic heterocycles. The van der Waals surface area contributed by atoms with Gasteiger partial charge in [0, 0.05) is 36.2 Å². The molecule has 2 heterocycles. The Kier molecular flexibility index (Phi) is 4.55. The van der Waals surface area contributed by atoms with Crippen molar-refractivity contribution in [1.82, 2.24) is 9.88 Å². The number of thiazole rings is 1. The minimum Gasteiger partial charge on any atom is -0.396 e. The maximum absolute atomic E-state index is 12.6. The molecule has 22 heavy (non-hydrogen) atoms. The first-order valence-electron chi connectivity index (χ1n) is 7.60. The number of likely N-dealkylation sites (tertiary alicyclic amines) is 1. The summed E-state index contributed by atoms with van der Waals surface area (Å²) in [6.07, 6.45) is 1.76. The molecule has 0 radical (unpaired) electrons. The molecule has 0 unspecified atom stereocenters. The molecule has 0 atom stereocenters. The molecule has 0 spiro atoms. The monoisotopic (exact) mass is 316 g/mol. The maximum Gasteiger partial charge on any atom is 0.253 e. The molecule has 0 aliphatic carbocycles. The van der Waals surface area contributed by atoms with E-state index in [0.29, 0.717) is 11.5 Å². The number of nitrogens with zero attached hydrogens (tertiary/aromatic N) is 2. The second-order valence-electron chi connectivity index (χ2n) is 5.75. The molecule has 1 aliphatic rings. The number of rotatable bonds is 3. The fourth-order valence-electron chi connectivity index (χ4n) is 2.81. The Morgan fingerprint density at radius 2 is 2.18 bits per heavy atom. The Balaban J connectivity index is 1.76. The quantitative estimate of drug-likeness (QED) is 0.947. The van der Waals surface area contributed by atoms with Crippen LogP contribution < -0.4 is 0 Å². The molecule has 2 aromatic rings. The highest BCUT2D eigenvalue weighted by Gasteiger charge is 2.23. The van der Waals surface area contributed by atoms with E-state index < -0.39 is 0 Å². The van der Waals surface area contributed by atoms with E-state index in [1.807, 2.05) is 41.5 Å². The van der Waals surface area contributed by atoms with Crippen molar-refractivity contribution in [3.8, 4) is 11.3 Å². The van der Waals surface area contributed by atoms with Crippen molar-refractivity contribution in [3.63, 3.8) is 0 Å². The number of aromatic nitrogens is 1. The van der Waals surface area contributed by atoms with Crippen LogP contribution >= 0.6 is 11.3 Å². The summed E-state index contributed by atoms with van der Waals surface area (Å²) in [4.78, 5) is 19.0. The average molecular weight is 316 g/mol. The number of benzene rings is 1. The first-order valence-corrected chi connectivity index (χ1v) is 8.48. The molecular formula is C17H20N2O2S. The van der Waals surface area contributed by atoms with Crippen LogP contribution in [0.15, 0.2) is 29.6 Å². The molecular weight excluding hydrogens is 296 g/mol. The van der Waals surface area contributed by atoms with E-state index in [2.05, 4.69) is 4.98 Å². The zero-order valence-corrected chi connectivity index (χ0v) is 13.5. The van der Waals surface area contributed by atoms with Crippen LogP contribution in [0.25, 0.3) is 11.3 Å². The van der Waals surface area contributed by atoms with Crippen LogP contribution in [0.2, 0.25) is 0 Å². The molecule has 1 N–H and O–H groups in total. The van der Waals surface area contributed by atoms with Crippen molar-refractivity contribution in [2.24, 2.45) is 5.92 Å². The summed E-state index contributed by atoms with van der Waals surface area (Å²) < 4.78 is 0. The summed E-state index contributed by atoms with van der Waals surface area (Å²) in [5, 5.41) is 12.2. The standard InChI is InChI=1S/C17H20N2O2S/c1-12-18-16(11-22-12)14-3-2-4-15(9-14)17(21)19-7-5-13(10-20)6-8-19/h2-4,9,11,13,20H,5-8,10H2,1H3. The smallest absolute Gasteiger partial charge is 0.253 e. The van der Waals surface area contributed by atoms with Crippen LogP contribution in [0.4, 0.5) is 0 Å². The largest absolute Gasteiger partial charge is 0.396 e. The molecule has 0 saturated carbocycles. The summed E-state index contributed by atoms with van der Waals surface area (Å²) >= 11 is 1.61. The van der Waals surface area contributed by atoms with Gasteiger partial charge in [-0.15, -0.1) is 11.3 Å². The number of piperidine rings is 1. The van der Waals surface area contributed by atoms with Gasteiger partial charge in [-0.3, -0.25) is 4.79 Å². The van der Waals surface area contributed by atoms with Gasteiger partial charge < -0.3 is 10.0 Å². The zero-order chi connectivity index (χ0) is 15.5. The van der Waals surface area contributed by atoms with Gasteiger partial charge in [0.2, 0.25) is 0 Å². The second-order valence-corrected chi connectivity index (χ2v) is 6.81. The Labute approximate surface area is 134 Å². The minimum absolute atomic E-state index is 0.0743. The van der Waals surface area contributed by atoms with Crippen LogP contribution in [0.1, 0.15) is 28.2 Å². The van der Waals surface area contributed by atoms with Gasteiger partial charge in [0.1, 0.15) is 0 Å². The van der Waals surface area contributed by atoms with Crippen molar-refractivity contribution >= 4 is 17.2 Å². The zero-order valence-electron chi connectivity index (χ0n) is 12.7. The molecule has 1 fully saturated rings. The number of carbonyl (C=O) groups excluding carboxylic acids is 1. The van der Waals surface area contributed by atoms with Gasteiger partial charge in [0.05, 0.1) is 10.7 Å². The van der Waals surface area contributed by atoms with E-state index >= 15 is 0 Å². The van der Waals surface area contributed by atoms with Crippen molar-refractivity contribution in [1.29, 1.82) is 0 Å². The van der Waals surface area contributed by atoms with Crippen molar-refractivity contribution < 1.29 is 9.90 Å². The van der Waals surface area contributed by atoms with E-state index in [1.165, 1.54) is 0 Å². The third-order valence-corrected chi connectivity index (χ3v) is 4.96. The Morgan fingerprint density at radius 3 is 2.82 bits per heavy atom. The van der Waals surface area contributed by atoms with Crippen molar-refractivity contribution in [2.75, 3.05) is 19.7 Å². The SMILES string of the molecule is Cc1nc(-c2cccc(C(=O)N3CCC(CO)CC3)c2)cs1. The van der Waals surface area contributed by atoms with E-state index in [4.69, 9.17) is 0 Å². The lowest BCUT2D eigenvalue weighted by Crippen LogP contribution is -2.39. The van der Waals surface area contributed by atoms with E-state index in [-0.39, 0.29) is 12.5 Å². The average Bonchev–Trinajstić information content (AvgIpc) is 3.01. The minimum atomic E-state index is 0.0743. The molecule has 5 heteroatoms. The number of carbonyl (C=O) groups is 1. The highest BCUT2D eigenvalue weighted by molar-refractivity contribution is 7.09. The topological polar surface area (TPSA) is 53.4 Å². The fraction of sp³-hybridized carbons (Fsp3) is 0.412.